The Kier molecular flexibility index (Phi) is 3.25. The summed E-state index contributed by atoms with van der Waals surface area (Å²) in [6, 6.07) is 0. The van der Waals surface area contributed by atoms with Gasteiger partial charge in [0.2, 0.25) is 0 Å². The van der Waals surface area contributed by atoms with Crippen LogP contribution in [0.5, 0.6) is 0 Å². The minimum Gasteiger partial charge on any atom is -0.387 e. The van der Waals surface area contributed by atoms with Crippen molar-refractivity contribution in [2.75, 3.05) is 0 Å². The standard InChI is InChI=1S/C9H7F11O/c1-3(2,21)4(10)5(11,12)7(15,16)9(19,20)8(17,18)6(4,13)14/h21H,1-2H3. The van der Waals surface area contributed by atoms with Gasteiger partial charge < -0.3 is 5.11 Å². The van der Waals surface area contributed by atoms with Crippen LogP contribution in [0.15, 0.2) is 0 Å². The zero-order valence-electron chi connectivity index (χ0n) is 10.1. The van der Waals surface area contributed by atoms with Crippen molar-refractivity contribution in [2.45, 2.75) is 54.7 Å². The number of rotatable bonds is 1. The number of hydrogen-bond donors (Lipinski definition) is 1. The van der Waals surface area contributed by atoms with E-state index in [9.17, 15) is 48.3 Å². The lowest BCUT2D eigenvalue weighted by Gasteiger charge is -2.55. The molecule has 1 rings (SSSR count). The Morgan fingerprint density at radius 3 is 0.905 bits per heavy atom. The average Bonchev–Trinajstić information content (AvgIpc) is 2.23. The van der Waals surface area contributed by atoms with Crippen molar-refractivity contribution in [3.8, 4) is 0 Å². The molecular weight excluding hydrogens is 333 g/mol. The highest BCUT2D eigenvalue weighted by Gasteiger charge is 3.02. The maximum atomic E-state index is 13.9. The van der Waals surface area contributed by atoms with Crippen molar-refractivity contribution >= 4 is 0 Å². The molecule has 1 fully saturated rings. The average molecular weight is 340 g/mol. The van der Waals surface area contributed by atoms with Gasteiger partial charge in [-0.1, -0.05) is 0 Å². The molecule has 1 aliphatic carbocycles. The van der Waals surface area contributed by atoms with Crippen LogP contribution in [0, 0.1) is 0 Å². The molecule has 0 bridgehead atoms. The van der Waals surface area contributed by atoms with Crippen LogP contribution in [0.25, 0.3) is 0 Å². The topological polar surface area (TPSA) is 20.2 Å². The summed E-state index contributed by atoms with van der Waals surface area (Å²) in [4.78, 5) is 0. The van der Waals surface area contributed by atoms with Crippen LogP contribution < -0.4 is 0 Å². The fraction of sp³-hybridized carbons (Fsp3) is 1.00. The third kappa shape index (κ3) is 1.47. The van der Waals surface area contributed by atoms with Gasteiger partial charge in [-0.2, -0.15) is 43.9 Å². The fourth-order valence-electron chi connectivity index (χ4n) is 1.99. The van der Waals surface area contributed by atoms with Gasteiger partial charge in [0.25, 0.3) is 5.67 Å². The summed E-state index contributed by atoms with van der Waals surface area (Å²) in [5.74, 6) is -35.6. The summed E-state index contributed by atoms with van der Waals surface area (Å²) < 4.78 is 144. The third-order valence-electron chi connectivity index (χ3n) is 3.29. The minimum atomic E-state index is -7.26. The van der Waals surface area contributed by atoms with Crippen LogP contribution in [0.1, 0.15) is 13.8 Å². The fourth-order valence-corrected chi connectivity index (χ4v) is 1.99. The Hall–Kier alpha value is -0.810. The van der Waals surface area contributed by atoms with E-state index in [1.165, 1.54) is 0 Å². The second kappa shape index (κ2) is 3.74. The third-order valence-corrected chi connectivity index (χ3v) is 3.29. The van der Waals surface area contributed by atoms with Crippen molar-refractivity contribution in [3.63, 3.8) is 0 Å². The highest BCUT2D eigenvalue weighted by Crippen LogP contribution is 2.71. The number of hydrogen-bond acceptors (Lipinski definition) is 1. The second-order valence-electron chi connectivity index (χ2n) is 5.09. The van der Waals surface area contributed by atoms with Crippen molar-refractivity contribution < 1.29 is 53.4 Å². The molecule has 126 valence electrons. The van der Waals surface area contributed by atoms with E-state index in [0.717, 1.165) is 0 Å². The van der Waals surface area contributed by atoms with Crippen LogP contribution in [0.4, 0.5) is 48.3 Å². The lowest BCUT2D eigenvalue weighted by atomic mass is 9.65. The van der Waals surface area contributed by atoms with E-state index in [1.54, 1.807) is 0 Å². The molecule has 0 unspecified atom stereocenters. The van der Waals surface area contributed by atoms with E-state index in [4.69, 9.17) is 5.11 Å². The number of aliphatic hydroxyl groups is 1. The molecule has 21 heavy (non-hydrogen) atoms. The Morgan fingerprint density at radius 1 is 0.524 bits per heavy atom. The predicted molar refractivity (Wildman–Crippen MR) is 44.9 cm³/mol. The zero-order chi connectivity index (χ0) is 17.5. The SMILES string of the molecule is CC(C)(O)C1(F)C(F)(F)C(F)(F)C(F)(F)C(F)(F)C1(F)F. The number of alkyl halides is 11. The van der Waals surface area contributed by atoms with Crippen molar-refractivity contribution in [1.82, 2.24) is 0 Å². The predicted octanol–water partition coefficient (Wildman–Crippen LogP) is 3.66. The minimum absolute atomic E-state index is 0.246. The van der Waals surface area contributed by atoms with Crippen LogP contribution in [0.3, 0.4) is 0 Å². The normalized spacial score (nSPS) is 31.7. The van der Waals surface area contributed by atoms with Gasteiger partial charge in [0.05, 0.1) is 0 Å². The lowest BCUT2D eigenvalue weighted by Crippen LogP contribution is -2.87. The van der Waals surface area contributed by atoms with E-state index in [1.807, 2.05) is 0 Å². The van der Waals surface area contributed by atoms with Gasteiger partial charge in [-0.3, -0.25) is 0 Å². The first-order valence-electron chi connectivity index (χ1n) is 5.05. The van der Waals surface area contributed by atoms with Crippen LogP contribution in [-0.4, -0.2) is 46.0 Å². The molecule has 0 spiro atoms. The smallest absolute Gasteiger partial charge is 0.384 e. The monoisotopic (exact) mass is 340 g/mol. The zero-order valence-corrected chi connectivity index (χ0v) is 10.1. The molecule has 0 radical (unpaired) electrons. The summed E-state index contributed by atoms with van der Waals surface area (Å²) in [6.07, 6.45) is 0. The van der Waals surface area contributed by atoms with Gasteiger partial charge in [-0.05, 0) is 13.8 Å². The van der Waals surface area contributed by atoms with Crippen LogP contribution >= 0.6 is 0 Å². The second-order valence-corrected chi connectivity index (χ2v) is 5.09. The van der Waals surface area contributed by atoms with E-state index in [0.29, 0.717) is 0 Å². The molecule has 12 heteroatoms. The van der Waals surface area contributed by atoms with Crippen molar-refractivity contribution in [2.24, 2.45) is 0 Å². The molecule has 0 aromatic heterocycles. The molecule has 0 aromatic carbocycles. The largest absolute Gasteiger partial charge is 0.387 e. The highest BCUT2D eigenvalue weighted by atomic mass is 19.4. The van der Waals surface area contributed by atoms with Crippen LogP contribution in [0.2, 0.25) is 0 Å². The molecule has 0 amide bonds. The Morgan fingerprint density at radius 2 is 0.714 bits per heavy atom. The Labute approximate surface area is 109 Å². The van der Waals surface area contributed by atoms with Gasteiger partial charge >= 0.3 is 29.6 Å². The molecule has 1 aliphatic rings. The van der Waals surface area contributed by atoms with Crippen molar-refractivity contribution in [1.29, 1.82) is 0 Å². The lowest BCUT2D eigenvalue weighted by molar-refractivity contribution is -0.499. The van der Waals surface area contributed by atoms with Gasteiger partial charge in [-0.15, -0.1) is 0 Å². The first-order valence-corrected chi connectivity index (χ1v) is 5.05. The van der Waals surface area contributed by atoms with E-state index in [-0.39, 0.29) is 13.8 Å². The summed E-state index contributed by atoms with van der Waals surface area (Å²) in [7, 11) is 0. The number of halogens is 11. The van der Waals surface area contributed by atoms with Crippen LogP contribution in [-0.2, 0) is 0 Å². The van der Waals surface area contributed by atoms with Gasteiger partial charge in [0.1, 0.15) is 5.60 Å². The maximum Gasteiger partial charge on any atom is 0.384 e. The molecule has 0 saturated heterocycles. The molecule has 0 heterocycles. The summed E-state index contributed by atoms with van der Waals surface area (Å²) in [6.45, 7) is -0.491. The molecule has 1 N–H and O–H groups in total. The van der Waals surface area contributed by atoms with E-state index >= 15 is 0 Å². The van der Waals surface area contributed by atoms with Gasteiger partial charge in [0.15, 0.2) is 0 Å². The van der Waals surface area contributed by atoms with E-state index in [2.05, 4.69) is 0 Å². The summed E-state index contributed by atoms with van der Waals surface area (Å²) in [5, 5.41) is 8.96. The molecule has 0 atom stereocenters. The summed E-state index contributed by atoms with van der Waals surface area (Å²) in [5.41, 5.74) is -10.6. The van der Waals surface area contributed by atoms with Gasteiger partial charge in [-0.25, -0.2) is 4.39 Å². The molecule has 0 aliphatic heterocycles. The first kappa shape index (κ1) is 18.2. The molecular formula is C9H7F11O. The van der Waals surface area contributed by atoms with E-state index < -0.39 is 40.9 Å². The van der Waals surface area contributed by atoms with Gasteiger partial charge in [0, 0.05) is 0 Å². The Balaban J connectivity index is 3.93. The highest BCUT2D eigenvalue weighted by molar-refractivity contribution is 5.30. The molecule has 1 saturated carbocycles. The quantitative estimate of drug-likeness (QED) is 0.723. The summed E-state index contributed by atoms with van der Waals surface area (Å²) >= 11 is 0. The van der Waals surface area contributed by atoms with Crippen molar-refractivity contribution in [3.05, 3.63) is 0 Å². The first-order chi connectivity index (χ1) is 8.75. The Bertz CT molecular complexity index is 417. The molecule has 0 aromatic rings. The molecule has 1 nitrogen and oxygen atoms in total. The maximum absolute atomic E-state index is 13.9.